The maximum atomic E-state index is 5.17. The first-order valence-electron chi connectivity index (χ1n) is 13.9. The van der Waals surface area contributed by atoms with Crippen LogP contribution in [0.2, 0.25) is 0 Å². The van der Waals surface area contributed by atoms with E-state index in [2.05, 4.69) is 104 Å². The van der Waals surface area contributed by atoms with Crippen LogP contribution in [-0.2, 0) is 6.42 Å². The van der Waals surface area contributed by atoms with Gasteiger partial charge in [-0.1, -0.05) is 48.5 Å². The van der Waals surface area contributed by atoms with Crippen LogP contribution in [-0.4, -0.2) is 23.9 Å². The summed E-state index contributed by atoms with van der Waals surface area (Å²) in [7, 11) is 0. The fourth-order valence-electron chi connectivity index (χ4n) is 7.19. The molecule has 0 bridgehead atoms. The Morgan fingerprint density at radius 2 is 1.44 bits per heavy atom. The third-order valence-corrected chi connectivity index (χ3v) is 8.89. The van der Waals surface area contributed by atoms with Crippen molar-refractivity contribution in [3.63, 3.8) is 0 Å². The number of para-hydroxylation sites is 2. The highest BCUT2D eigenvalue weighted by atomic mass is 15.0. The Hall–Kier alpha value is -5.55. The van der Waals surface area contributed by atoms with Crippen molar-refractivity contribution in [1.82, 2.24) is 23.9 Å². The number of aromatic nitrogens is 5. The van der Waals surface area contributed by atoms with Crippen LogP contribution in [0.15, 0.2) is 116 Å². The van der Waals surface area contributed by atoms with Crippen molar-refractivity contribution < 1.29 is 0 Å². The molecule has 0 fully saturated rings. The van der Waals surface area contributed by atoms with Crippen LogP contribution in [0.5, 0.6) is 0 Å². The highest BCUT2D eigenvalue weighted by molar-refractivity contribution is 6.17. The van der Waals surface area contributed by atoms with Gasteiger partial charge in [-0.25, -0.2) is 4.98 Å². The first-order valence-corrected chi connectivity index (χ1v) is 13.9. The van der Waals surface area contributed by atoms with E-state index in [-0.39, 0.29) is 0 Å². The highest BCUT2D eigenvalue weighted by Crippen LogP contribution is 2.46. The average molecular weight is 524 g/mol. The van der Waals surface area contributed by atoms with Crippen LogP contribution < -0.4 is 0 Å². The number of rotatable bonds is 1. The molecule has 5 heteroatoms. The van der Waals surface area contributed by atoms with E-state index in [0.29, 0.717) is 0 Å². The molecule has 5 nitrogen and oxygen atoms in total. The van der Waals surface area contributed by atoms with Gasteiger partial charge < -0.3 is 4.57 Å². The molecule has 0 amide bonds. The van der Waals surface area contributed by atoms with Crippen LogP contribution in [0.25, 0.3) is 77.0 Å². The summed E-state index contributed by atoms with van der Waals surface area (Å²) in [6.07, 6.45) is 8.44. The molecule has 0 unspecified atom stereocenters. The van der Waals surface area contributed by atoms with E-state index in [1.54, 1.807) is 0 Å². The molecule has 190 valence electrons. The summed E-state index contributed by atoms with van der Waals surface area (Å²) in [6.45, 7) is 0. The number of nitrogens with zero attached hydrogens (tertiary/aromatic N) is 5. The fraction of sp³-hybridized carbons (Fsp3) is 0.0278. The molecular formula is C36H21N5. The minimum Gasteiger partial charge on any atom is -0.309 e. The van der Waals surface area contributed by atoms with Crippen molar-refractivity contribution in [2.75, 3.05) is 0 Å². The van der Waals surface area contributed by atoms with E-state index in [9.17, 15) is 0 Å². The number of hydrogen-bond donors (Lipinski definition) is 0. The van der Waals surface area contributed by atoms with Crippen molar-refractivity contribution in [2.24, 2.45) is 0 Å². The van der Waals surface area contributed by atoms with Gasteiger partial charge in [0.05, 0.1) is 33.8 Å². The molecule has 4 aromatic carbocycles. The molecule has 5 heterocycles. The smallest absolute Gasteiger partial charge is 0.146 e. The number of benzene rings is 4. The molecule has 0 N–H and O–H groups in total. The third kappa shape index (κ3) is 2.68. The van der Waals surface area contributed by atoms with Gasteiger partial charge in [-0.05, 0) is 76.5 Å². The standard InChI is InChI=1S/C36H21N5/c1-2-6-22(7-3-1)40-31-9-5-4-8-24(31)27-16-21-17-28-23(26(21)18-33(27)40)10-11-25-29-19-37-15-13-32(29)41-34-20-38-14-12-30(34)39-36(41)35(25)28/h1-16,18-20H,17H2. The molecule has 0 saturated heterocycles. The van der Waals surface area contributed by atoms with Crippen molar-refractivity contribution in [3.8, 4) is 16.8 Å². The van der Waals surface area contributed by atoms with Gasteiger partial charge in [0.25, 0.3) is 0 Å². The van der Waals surface area contributed by atoms with Gasteiger partial charge in [0.2, 0.25) is 0 Å². The number of imidazole rings is 1. The molecular weight excluding hydrogens is 502 g/mol. The van der Waals surface area contributed by atoms with Gasteiger partial charge in [0.15, 0.2) is 0 Å². The first-order chi connectivity index (χ1) is 20.3. The molecule has 0 saturated carbocycles. The minimum atomic E-state index is 0.867. The topological polar surface area (TPSA) is 48.0 Å². The monoisotopic (exact) mass is 523 g/mol. The second-order valence-corrected chi connectivity index (χ2v) is 10.9. The van der Waals surface area contributed by atoms with Crippen LogP contribution >= 0.6 is 0 Å². The lowest BCUT2D eigenvalue weighted by molar-refractivity contribution is 1.18. The number of hydrogen-bond acceptors (Lipinski definition) is 3. The molecule has 0 atom stereocenters. The van der Waals surface area contributed by atoms with E-state index in [0.717, 1.165) is 34.0 Å². The van der Waals surface area contributed by atoms with E-state index < -0.39 is 0 Å². The lowest BCUT2D eigenvalue weighted by Crippen LogP contribution is -1.95. The van der Waals surface area contributed by atoms with Crippen molar-refractivity contribution in [2.45, 2.75) is 6.42 Å². The normalized spacial score (nSPS) is 12.8. The Labute approximate surface area is 234 Å². The van der Waals surface area contributed by atoms with Crippen molar-refractivity contribution in [3.05, 3.63) is 127 Å². The van der Waals surface area contributed by atoms with Crippen LogP contribution in [0.4, 0.5) is 0 Å². The highest BCUT2D eigenvalue weighted by Gasteiger charge is 2.26. The van der Waals surface area contributed by atoms with Crippen LogP contribution in [0.3, 0.4) is 0 Å². The van der Waals surface area contributed by atoms with E-state index >= 15 is 0 Å². The van der Waals surface area contributed by atoms with Gasteiger partial charge in [-0.15, -0.1) is 0 Å². The summed E-state index contributed by atoms with van der Waals surface area (Å²) < 4.78 is 4.66. The van der Waals surface area contributed by atoms with Gasteiger partial charge in [0.1, 0.15) is 5.65 Å². The Morgan fingerprint density at radius 3 is 2.39 bits per heavy atom. The zero-order valence-corrected chi connectivity index (χ0v) is 21.9. The summed E-state index contributed by atoms with van der Waals surface area (Å²) in [6, 6.07) is 32.9. The summed E-state index contributed by atoms with van der Waals surface area (Å²) >= 11 is 0. The Bertz CT molecular complexity index is 2550. The summed E-state index contributed by atoms with van der Waals surface area (Å²) in [4.78, 5) is 14.1. The summed E-state index contributed by atoms with van der Waals surface area (Å²) in [5.74, 6) is 0. The average Bonchev–Trinajstić information content (AvgIpc) is 3.69. The molecule has 9 aromatic rings. The summed E-state index contributed by atoms with van der Waals surface area (Å²) in [5, 5.41) is 6.10. The maximum Gasteiger partial charge on any atom is 0.146 e. The molecule has 1 aliphatic rings. The second-order valence-electron chi connectivity index (χ2n) is 10.9. The Morgan fingerprint density at radius 1 is 0.585 bits per heavy atom. The molecule has 0 aliphatic heterocycles. The molecule has 1 aliphatic carbocycles. The first kappa shape index (κ1) is 21.3. The van der Waals surface area contributed by atoms with Crippen molar-refractivity contribution >= 4 is 60.2 Å². The quantitative estimate of drug-likeness (QED) is 0.204. The minimum absolute atomic E-state index is 0.867. The van der Waals surface area contributed by atoms with Gasteiger partial charge in [-0.2, -0.15) is 0 Å². The van der Waals surface area contributed by atoms with E-state index in [4.69, 9.17) is 4.98 Å². The largest absolute Gasteiger partial charge is 0.309 e. The van der Waals surface area contributed by atoms with Gasteiger partial charge in [-0.3, -0.25) is 14.4 Å². The molecule has 0 radical (unpaired) electrons. The third-order valence-electron chi connectivity index (χ3n) is 8.89. The van der Waals surface area contributed by atoms with Crippen molar-refractivity contribution in [1.29, 1.82) is 0 Å². The zero-order valence-electron chi connectivity index (χ0n) is 21.9. The molecule has 5 aromatic heterocycles. The second kappa shape index (κ2) is 7.55. The van der Waals surface area contributed by atoms with E-state index in [1.165, 1.54) is 60.5 Å². The Kier molecular flexibility index (Phi) is 3.92. The van der Waals surface area contributed by atoms with Crippen LogP contribution in [0.1, 0.15) is 11.1 Å². The van der Waals surface area contributed by atoms with Crippen LogP contribution in [0, 0.1) is 0 Å². The predicted octanol–water partition coefficient (Wildman–Crippen LogP) is 8.25. The van der Waals surface area contributed by atoms with Gasteiger partial charge in [0, 0.05) is 45.8 Å². The molecule has 41 heavy (non-hydrogen) atoms. The molecule has 0 spiro atoms. The number of fused-ring (bicyclic) bond motifs is 15. The van der Waals surface area contributed by atoms with Gasteiger partial charge >= 0.3 is 0 Å². The lowest BCUT2D eigenvalue weighted by atomic mass is 9.97. The maximum absolute atomic E-state index is 5.17. The number of pyridine rings is 3. The lowest BCUT2D eigenvalue weighted by Gasteiger charge is -2.12. The predicted molar refractivity (Wildman–Crippen MR) is 166 cm³/mol. The fourth-order valence-corrected chi connectivity index (χ4v) is 7.19. The zero-order chi connectivity index (χ0) is 26.7. The Balaban J connectivity index is 1.34. The van der Waals surface area contributed by atoms with E-state index in [1.807, 2.05) is 30.9 Å². The molecule has 10 rings (SSSR count). The SMILES string of the molecule is c1ccc(-n2c3ccccc3c3cc4c(cc32)-c2ccc3c5cnccc5n5c6cnccc6nc5c3c2C4)cc1. The summed E-state index contributed by atoms with van der Waals surface area (Å²) in [5.41, 5.74) is 13.0.